The van der Waals surface area contributed by atoms with E-state index in [1.54, 1.807) is 0 Å². The van der Waals surface area contributed by atoms with Crippen LogP contribution in [0, 0.1) is 5.92 Å². The lowest BCUT2D eigenvalue weighted by Crippen LogP contribution is -2.44. The van der Waals surface area contributed by atoms with Gasteiger partial charge in [-0.05, 0) is 26.4 Å². The lowest BCUT2D eigenvalue weighted by Gasteiger charge is -2.33. The fourth-order valence-corrected chi connectivity index (χ4v) is 3.31. The molecule has 1 N–H and O–H groups in total. The number of hydrogen-bond donors (Lipinski definition) is 1. The minimum absolute atomic E-state index is 0.575. The molecule has 0 amide bonds. The molecule has 3 heteroatoms. The van der Waals surface area contributed by atoms with Gasteiger partial charge in [-0.15, -0.1) is 0 Å². The monoisotopic (exact) mass is 240 g/mol. The van der Waals surface area contributed by atoms with Crippen LogP contribution in [0.2, 0.25) is 0 Å². The van der Waals surface area contributed by atoms with Gasteiger partial charge in [0, 0.05) is 24.5 Å². The molecule has 1 aliphatic heterocycles. The summed E-state index contributed by atoms with van der Waals surface area (Å²) in [5.74, 6) is 0.682. The fourth-order valence-electron chi connectivity index (χ4n) is 3.31. The summed E-state index contributed by atoms with van der Waals surface area (Å²) in [6, 6.07) is 1.40. The van der Waals surface area contributed by atoms with Gasteiger partial charge in [0.25, 0.3) is 0 Å². The van der Waals surface area contributed by atoms with Gasteiger partial charge in [-0.1, -0.05) is 26.2 Å². The Kier molecular flexibility index (Phi) is 5.26. The van der Waals surface area contributed by atoms with Gasteiger partial charge >= 0.3 is 0 Å². The Morgan fingerprint density at radius 2 is 1.94 bits per heavy atom. The number of hydrogen-bond acceptors (Lipinski definition) is 3. The molecule has 1 aliphatic carbocycles. The minimum Gasteiger partial charge on any atom is -0.379 e. The molecule has 0 aromatic carbocycles. The van der Waals surface area contributed by atoms with E-state index < -0.39 is 0 Å². The van der Waals surface area contributed by atoms with Gasteiger partial charge in [0.1, 0.15) is 0 Å². The van der Waals surface area contributed by atoms with E-state index in [1.165, 1.54) is 38.6 Å². The molecule has 2 rings (SSSR count). The van der Waals surface area contributed by atoms with Crippen molar-refractivity contribution in [1.29, 1.82) is 0 Å². The van der Waals surface area contributed by atoms with Crippen molar-refractivity contribution < 1.29 is 4.74 Å². The average molecular weight is 240 g/mol. The van der Waals surface area contributed by atoms with E-state index in [9.17, 15) is 0 Å². The van der Waals surface area contributed by atoms with E-state index in [0.29, 0.717) is 12.0 Å². The molecule has 2 unspecified atom stereocenters. The summed E-state index contributed by atoms with van der Waals surface area (Å²) < 4.78 is 5.62. The van der Waals surface area contributed by atoms with Crippen molar-refractivity contribution in [2.75, 3.05) is 33.4 Å². The molecule has 17 heavy (non-hydrogen) atoms. The molecule has 2 aliphatic rings. The Morgan fingerprint density at radius 3 is 2.65 bits per heavy atom. The van der Waals surface area contributed by atoms with Gasteiger partial charge in [-0.2, -0.15) is 0 Å². The van der Waals surface area contributed by atoms with E-state index in [2.05, 4.69) is 24.2 Å². The van der Waals surface area contributed by atoms with Crippen molar-refractivity contribution in [2.24, 2.45) is 5.92 Å². The van der Waals surface area contributed by atoms with Gasteiger partial charge < -0.3 is 15.0 Å². The minimum atomic E-state index is 0.575. The molecule has 0 bridgehead atoms. The summed E-state index contributed by atoms with van der Waals surface area (Å²) >= 11 is 0. The van der Waals surface area contributed by atoms with Gasteiger partial charge in [-0.3, -0.25) is 0 Å². The van der Waals surface area contributed by atoms with Crippen LogP contribution in [-0.2, 0) is 4.74 Å². The molecular weight excluding hydrogens is 212 g/mol. The second-order valence-corrected chi connectivity index (χ2v) is 5.69. The summed E-state index contributed by atoms with van der Waals surface area (Å²) in [6.45, 7) is 6.27. The van der Waals surface area contributed by atoms with Gasteiger partial charge in [0.05, 0.1) is 13.2 Å². The summed E-state index contributed by atoms with van der Waals surface area (Å²) in [5, 5.41) is 3.55. The number of rotatable bonds is 5. The van der Waals surface area contributed by atoms with Gasteiger partial charge in [-0.25, -0.2) is 0 Å². The maximum absolute atomic E-state index is 5.62. The zero-order chi connectivity index (χ0) is 12.1. The summed E-state index contributed by atoms with van der Waals surface area (Å²) in [5.41, 5.74) is 0. The molecule has 1 saturated heterocycles. The number of nitrogens with zero attached hydrogens (tertiary/aromatic N) is 1. The van der Waals surface area contributed by atoms with Gasteiger partial charge in [0.15, 0.2) is 0 Å². The average Bonchev–Trinajstić information content (AvgIpc) is 2.78. The molecule has 2 fully saturated rings. The normalized spacial score (nSPS) is 31.2. The number of nitrogens with one attached hydrogen (secondary N) is 1. The predicted molar refractivity (Wildman–Crippen MR) is 71.3 cm³/mol. The first-order chi connectivity index (χ1) is 8.31. The second kappa shape index (κ2) is 6.72. The van der Waals surface area contributed by atoms with E-state index in [1.807, 2.05) is 0 Å². The highest BCUT2D eigenvalue weighted by Crippen LogP contribution is 2.24. The molecule has 1 saturated carbocycles. The summed E-state index contributed by atoms with van der Waals surface area (Å²) in [7, 11) is 2.30. The third-order valence-corrected chi connectivity index (χ3v) is 4.39. The van der Waals surface area contributed by atoms with Crippen LogP contribution in [0.1, 0.15) is 39.0 Å². The van der Waals surface area contributed by atoms with Crippen LogP contribution in [0.4, 0.5) is 0 Å². The Bertz CT molecular complexity index is 216. The Morgan fingerprint density at radius 1 is 1.18 bits per heavy atom. The summed E-state index contributed by atoms with van der Waals surface area (Å²) in [6.07, 6.45) is 7.09. The van der Waals surface area contributed by atoms with Crippen LogP contribution in [0.3, 0.4) is 0 Å². The quantitative estimate of drug-likeness (QED) is 0.794. The third kappa shape index (κ3) is 3.67. The molecular formula is C14H28N2O. The Balaban J connectivity index is 1.78. The zero-order valence-corrected chi connectivity index (χ0v) is 11.5. The Hall–Kier alpha value is -0.120. The zero-order valence-electron chi connectivity index (χ0n) is 11.5. The highest BCUT2D eigenvalue weighted by Gasteiger charge is 2.30. The Labute approximate surface area is 106 Å². The van der Waals surface area contributed by atoms with E-state index in [-0.39, 0.29) is 0 Å². The van der Waals surface area contributed by atoms with Crippen LogP contribution < -0.4 is 5.32 Å². The van der Waals surface area contributed by atoms with Crippen molar-refractivity contribution in [2.45, 2.75) is 51.1 Å². The highest BCUT2D eigenvalue weighted by molar-refractivity contribution is 4.85. The largest absolute Gasteiger partial charge is 0.379 e. The number of ether oxygens (including phenoxy) is 1. The van der Waals surface area contributed by atoms with Crippen molar-refractivity contribution >= 4 is 0 Å². The van der Waals surface area contributed by atoms with Gasteiger partial charge in [0.2, 0.25) is 0 Å². The maximum Gasteiger partial charge on any atom is 0.0623 e. The first-order valence-corrected chi connectivity index (χ1v) is 7.32. The van der Waals surface area contributed by atoms with E-state index in [4.69, 9.17) is 4.74 Å². The molecule has 0 aromatic heterocycles. The molecule has 2 atom stereocenters. The molecule has 3 nitrogen and oxygen atoms in total. The molecule has 100 valence electrons. The van der Waals surface area contributed by atoms with Crippen molar-refractivity contribution in [3.63, 3.8) is 0 Å². The van der Waals surface area contributed by atoms with Crippen LogP contribution in [0.5, 0.6) is 0 Å². The lowest BCUT2D eigenvalue weighted by molar-refractivity contribution is 0.143. The van der Waals surface area contributed by atoms with Crippen molar-refractivity contribution in [3.8, 4) is 0 Å². The smallest absolute Gasteiger partial charge is 0.0623 e. The highest BCUT2D eigenvalue weighted by atomic mass is 16.5. The van der Waals surface area contributed by atoms with Crippen LogP contribution >= 0.6 is 0 Å². The van der Waals surface area contributed by atoms with Crippen LogP contribution in [0.25, 0.3) is 0 Å². The molecule has 0 spiro atoms. The van der Waals surface area contributed by atoms with Crippen LogP contribution in [0.15, 0.2) is 0 Å². The molecule has 0 aromatic rings. The maximum atomic E-state index is 5.62. The van der Waals surface area contributed by atoms with E-state index in [0.717, 1.165) is 25.8 Å². The topological polar surface area (TPSA) is 24.5 Å². The van der Waals surface area contributed by atoms with Crippen LogP contribution in [-0.4, -0.2) is 50.3 Å². The van der Waals surface area contributed by atoms with E-state index >= 15 is 0 Å². The second-order valence-electron chi connectivity index (χ2n) is 5.69. The first-order valence-electron chi connectivity index (χ1n) is 7.32. The first kappa shape index (κ1) is 13.3. The molecule has 0 radical (unpaired) electrons. The fraction of sp³-hybridized carbons (Fsp3) is 1.00. The standard InChI is InChI=1S/C14H28N2O/c1-3-15-14-11-17-10-12(14)9-16(2)13-7-5-4-6-8-13/h12-15H,3-11H2,1-2H3. The number of likely N-dealkylation sites (N-methyl/N-ethyl adjacent to an activating group) is 1. The molecule has 1 heterocycles. The third-order valence-electron chi connectivity index (χ3n) is 4.39. The van der Waals surface area contributed by atoms with Crippen molar-refractivity contribution in [3.05, 3.63) is 0 Å². The van der Waals surface area contributed by atoms with Crippen molar-refractivity contribution in [1.82, 2.24) is 10.2 Å². The predicted octanol–water partition coefficient (Wildman–Crippen LogP) is 1.88. The lowest BCUT2D eigenvalue weighted by atomic mass is 9.93. The summed E-state index contributed by atoms with van der Waals surface area (Å²) in [4.78, 5) is 2.59. The SMILES string of the molecule is CCNC1COCC1CN(C)C1CCCCC1.